The molecule has 1 aliphatic carbocycles. The van der Waals surface area contributed by atoms with Gasteiger partial charge in [0.15, 0.2) is 0 Å². The minimum Gasteiger partial charge on any atom is -0.346 e. The lowest BCUT2D eigenvalue weighted by molar-refractivity contribution is -0.132. The molecule has 0 bridgehead atoms. The Balaban J connectivity index is 1.39. The maximum absolute atomic E-state index is 12.8. The lowest BCUT2D eigenvalue weighted by atomic mass is 9.87. The van der Waals surface area contributed by atoms with Crippen molar-refractivity contribution in [3.05, 3.63) is 52.8 Å². The van der Waals surface area contributed by atoms with Gasteiger partial charge in [0, 0.05) is 48.9 Å². The molecule has 2 aromatic heterocycles. The van der Waals surface area contributed by atoms with E-state index in [4.69, 9.17) is 0 Å². The van der Waals surface area contributed by atoms with Crippen LogP contribution < -0.4 is 5.32 Å². The summed E-state index contributed by atoms with van der Waals surface area (Å²) in [4.78, 5) is 22.8. The summed E-state index contributed by atoms with van der Waals surface area (Å²) < 4.78 is 0. The Morgan fingerprint density at radius 2 is 2.10 bits per heavy atom. The van der Waals surface area contributed by atoms with E-state index >= 15 is 0 Å². The van der Waals surface area contributed by atoms with Crippen molar-refractivity contribution in [2.24, 2.45) is 5.92 Å². The van der Waals surface area contributed by atoms with Crippen LogP contribution >= 0.6 is 0 Å². The predicted molar refractivity (Wildman–Crippen MR) is 123 cm³/mol. The summed E-state index contributed by atoms with van der Waals surface area (Å²) in [7, 11) is 0. The molecule has 5 nitrogen and oxygen atoms in total. The van der Waals surface area contributed by atoms with Crippen LogP contribution in [-0.2, 0) is 17.8 Å². The van der Waals surface area contributed by atoms with E-state index in [1.165, 1.54) is 64.5 Å². The van der Waals surface area contributed by atoms with Crippen molar-refractivity contribution in [2.45, 2.75) is 58.0 Å². The second-order valence-corrected chi connectivity index (χ2v) is 9.66. The number of carbonyl (C=O) groups excluding carboxylic acids is 1. The number of carbonyl (C=O) groups is 1. The highest BCUT2D eigenvalue weighted by Gasteiger charge is 2.31. The topological polar surface area (TPSA) is 61.0 Å². The van der Waals surface area contributed by atoms with Crippen LogP contribution in [0, 0.1) is 12.8 Å². The van der Waals surface area contributed by atoms with E-state index in [1.807, 2.05) is 12.4 Å². The zero-order chi connectivity index (χ0) is 20.9. The Morgan fingerprint density at radius 1 is 1.19 bits per heavy atom. The van der Waals surface area contributed by atoms with Gasteiger partial charge in [-0.05, 0) is 91.4 Å². The number of aromatic nitrogens is 2. The second kappa shape index (κ2) is 7.49. The van der Waals surface area contributed by atoms with Crippen LogP contribution in [0.2, 0.25) is 0 Å². The highest BCUT2D eigenvalue weighted by molar-refractivity contribution is 5.85. The van der Waals surface area contributed by atoms with Gasteiger partial charge in [-0.25, -0.2) is 4.98 Å². The average molecular weight is 415 g/mol. The van der Waals surface area contributed by atoms with E-state index in [1.54, 1.807) is 0 Å². The van der Waals surface area contributed by atoms with E-state index in [0.717, 1.165) is 38.1 Å². The lowest BCUT2D eigenvalue weighted by Crippen LogP contribution is -2.37. The molecule has 0 spiro atoms. The molecule has 5 heteroatoms. The van der Waals surface area contributed by atoms with Crippen molar-refractivity contribution in [3.8, 4) is 11.1 Å². The van der Waals surface area contributed by atoms with E-state index in [2.05, 4.69) is 45.3 Å². The highest BCUT2D eigenvalue weighted by Crippen LogP contribution is 2.37. The maximum atomic E-state index is 12.8. The number of hydrogen-bond acceptors (Lipinski definition) is 3. The van der Waals surface area contributed by atoms with Gasteiger partial charge < -0.3 is 15.2 Å². The molecule has 2 N–H and O–H groups in total. The van der Waals surface area contributed by atoms with Crippen LogP contribution in [0.3, 0.4) is 0 Å². The van der Waals surface area contributed by atoms with Crippen LogP contribution in [0.15, 0.2) is 30.6 Å². The molecule has 3 aliphatic rings. The molecule has 160 valence electrons. The highest BCUT2D eigenvalue weighted by atomic mass is 16.2. The predicted octanol–water partition coefficient (Wildman–Crippen LogP) is 4.65. The number of nitrogens with zero attached hydrogens (tertiary/aromatic N) is 2. The average Bonchev–Trinajstić information content (AvgIpc) is 3.29. The van der Waals surface area contributed by atoms with Gasteiger partial charge in [0.25, 0.3) is 0 Å². The van der Waals surface area contributed by atoms with Crippen molar-refractivity contribution in [2.75, 3.05) is 13.1 Å². The molecule has 4 heterocycles. The van der Waals surface area contributed by atoms with E-state index in [0.29, 0.717) is 17.9 Å². The van der Waals surface area contributed by atoms with E-state index in [9.17, 15) is 4.79 Å². The first-order chi connectivity index (χ1) is 15.2. The minimum atomic E-state index is 0.347. The lowest BCUT2D eigenvalue weighted by Gasteiger charge is -2.32. The second-order valence-electron chi connectivity index (χ2n) is 9.66. The quantitative estimate of drug-likeness (QED) is 0.653. The molecule has 2 aliphatic heterocycles. The molecular weight excluding hydrogens is 384 g/mol. The molecule has 1 saturated heterocycles. The standard InChI is InChI=1S/C26H30N4O/c1-16-13-28-26-21(16)12-20(14-29-26)19-10-18-6-8-30(25(31)9-17-4-5-17)15-23(18)22(11-19)24-3-2-7-27-24/h10-14,17,24,27H,2-9,15H2,1H3,(H,28,29). The summed E-state index contributed by atoms with van der Waals surface area (Å²) in [6.07, 6.45) is 10.5. The van der Waals surface area contributed by atoms with Crippen molar-refractivity contribution in [1.29, 1.82) is 0 Å². The fourth-order valence-corrected chi connectivity index (χ4v) is 5.33. The zero-order valence-corrected chi connectivity index (χ0v) is 18.2. The minimum absolute atomic E-state index is 0.347. The molecule has 1 unspecified atom stereocenters. The van der Waals surface area contributed by atoms with Crippen LogP contribution in [0.5, 0.6) is 0 Å². The number of hydrogen-bond donors (Lipinski definition) is 2. The van der Waals surface area contributed by atoms with Gasteiger partial charge in [-0.1, -0.05) is 6.07 Å². The van der Waals surface area contributed by atoms with Crippen LogP contribution in [-0.4, -0.2) is 33.9 Å². The van der Waals surface area contributed by atoms with Crippen molar-refractivity contribution in [1.82, 2.24) is 20.2 Å². The number of aryl methyl sites for hydroxylation is 1. The SMILES string of the molecule is Cc1c[nH]c2ncc(-c3cc4c(c(C5CCCN5)c3)CN(C(=O)CC3CC3)CC4)cc12. The summed E-state index contributed by atoms with van der Waals surface area (Å²) in [5.74, 6) is 0.992. The number of amides is 1. The Hall–Kier alpha value is -2.66. The third-order valence-electron chi connectivity index (χ3n) is 7.40. The number of rotatable bonds is 4. The van der Waals surface area contributed by atoms with Gasteiger partial charge >= 0.3 is 0 Å². The summed E-state index contributed by atoms with van der Waals surface area (Å²) >= 11 is 0. The Bertz CT molecular complexity index is 1150. The molecule has 6 rings (SSSR count). The number of benzene rings is 1. The fourth-order valence-electron chi connectivity index (χ4n) is 5.33. The Labute approximate surface area is 183 Å². The van der Waals surface area contributed by atoms with Crippen molar-refractivity contribution < 1.29 is 4.79 Å². The largest absolute Gasteiger partial charge is 0.346 e. The first-order valence-corrected chi connectivity index (χ1v) is 11.8. The Kier molecular flexibility index (Phi) is 4.60. The summed E-state index contributed by atoms with van der Waals surface area (Å²) in [6, 6.07) is 7.36. The molecule has 1 saturated carbocycles. The third-order valence-corrected chi connectivity index (χ3v) is 7.40. The monoisotopic (exact) mass is 414 g/mol. The number of aromatic amines is 1. The van der Waals surface area contributed by atoms with Gasteiger partial charge in [-0.2, -0.15) is 0 Å². The Morgan fingerprint density at radius 3 is 2.90 bits per heavy atom. The first-order valence-electron chi connectivity index (χ1n) is 11.8. The molecule has 0 radical (unpaired) electrons. The van der Waals surface area contributed by atoms with Gasteiger partial charge in [-0.3, -0.25) is 4.79 Å². The number of fused-ring (bicyclic) bond motifs is 2. The normalized spacial score (nSPS) is 20.9. The summed E-state index contributed by atoms with van der Waals surface area (Å²) in [5, 5.41) is 4.89. The molecule has 1 amide bonds. The van der Waals surface area contributed by atoms with Gasteiger partial charge in [0.2, 0.25) is 5.91 Å². The molecule has 3 aromatic rings. The summed E-state index contributed by atoms with van der Waals surface area (Å²) in [5.41, 5.74) is 8.76. The maximum Gasteiger partial charge on any atom is 0.223 e. The van der Waals surface area contributed by atoms with Gasteiger partial charge in [0.1, 0.15) is 5.65 Å². The number of pyridine rings is 1. The molecule has 31 heavy (non-hydrogen) atoms. The third kappa shape index (κ3) is 3.55. The van der Waals surface area contributed by atoms with E-state index in [-0.39, 0.29) is 0 Å². The fraction of sp³-hybridized carbons (Fsp3) is 0.462. The summed E-state index contributed by atoms with van der Waals surface area (Å²) in [6.45, 7) is 4.80. The van der Waals surface area contributed by atoms with E-state index < -0.39 is 0 Å². The van der Waals surface area contributed by atoms with Crippen LogP contribution in [0.1, 0.15) is 60.4 Å². The molecular formula is C26H30N4O. The van der Waals surface area contributed by atoms with Crippen LogP contribution in [0.4, 0.5) is 0 Å². The van der Waals surface area contributed by atoms with Crippen LogP contribution in [0.25, 0.3) is 22.2 Å². The van der Waals surface area contributed by atoms with Gasteiger partial charge in [0.05, 0.1) is 0 Å². The van der Waals surface area contributed by atoms with Gasteiger partial charge in [-0.15, -0.1) is 0 Å². The molecule has 1 aromatic carbocycles. The zero-order valence-electron chi connectivity index (χ0n) is 18.2. The number of nitrogens with one attached hydrogen (secondary N) is 2. The molecule has 1 atom stereocenters. The first kappa shape index (κ1) is 19.1. The smallest absolute Gasteiger partial charge is 0.223 e. The number of H-pyrrole nitrogens is 1. The van der Waals surface area contributed by atoms with Crippen molar-refractivity contribution in [3.63, 3.8) is 0 Å². The molecule has 2 fully saturated rings. The van der Waals surface area contributed by atoms with Crippen molar-refractivity contribution >= 4 is 16.9 Å².